The van der Waals surface area contributed by atoms with Crippen LogP contribution in [0.4, 0.5) is 5.82 Å². The van der Waals surface area contributed by atoms with Crippen LogP contribution < -0.4 is 11.1 Å². The standard InChI is InChI=1S/C23H27ClN4/c1-17-7-6-8-20-22(17)27-21(14-11-18-9-12-19(24)13-10-18)28-23(20)26-16-5-3-2-4-15-25/h6-14H,2-5,15-16,25H2,1H3,(H,26,27,28). The van der Waals surface area contributed by atoms with Crippen LogP contribution in [-0.4, -0.2) is 23.1 Å². The third kappa shape index (κ3) is 5.54. The van der Waals surface area contributed by atoms with Crippen molar-refractivity contribution in [3.8, 4) is 0 Å². The van der Waals surface area contributed by atoms with E-state index in [1.165, 1.54) is 12.8 Å². The quantitative estimate of drug-likeness (QED) is 0.457. The largest absolute Gasteiger partial charge is 0.369 e. The van der Waals surface area contributed by atoms with E-state index >= 15 is 0 Å². The molecule has 0 unspecified atom stereocenters. The zero-order chi connectivity index (χ0) is 19.8. The topological polar surface area (TPSA) is 63.8 Å². The minimum absolute atomic E-state index is 0.697. The lowest BCUT2D eigenvalue weighted by atomic mass is 10.1. The maximum absolute atomic E-state index is 5.96. The van der Waals surface area contributed by atoms with Gasteiger partial charge in [-0.05, 0) is 61.7 Å². The number of aryl methyl sites for hydroxylation is 1. The number of halogens is 1. The van der Waals surface area contributed by atoms with Crippen LogP contribution in [0.1, 0.15) is 42.6 Å². The Kier molecular flexibility index (Phi) is 7.40. The molecule has 0 aliphatic heterocycles. The lowest BCUT2D eigenvalue weighted by molar-refractivity contribution is 0.661. The first-order valence-corrected chi connectivity index (χ1v) is 10.2. The number of benzene rings is 2. The fraction of sp³-hybridized carbons (Fsp3) is 0.304. The van der Waals surface area contributed by atoms with Crippen LogP contribution in [0.2, 0.25) is 5.02 Å². The molecule has 1 aromatic heterocycles. The first-order valence-electron chi connectivity index (χ1n) is 9.82. The molecule has 0 fully saturated rings. The number of para-hydroxylation sites is 1. The zero-order valence-electron chi connectivity index (χ0n) is 16.3. The van der Waals surface area contributed by atoms with Crippen molar-refractivity contribution in [3.63, 3.8) is 0 Å². The number of fused-ring (bicyclic) bond motifs is 1. The fourth-order valence-electron chi connectivity index (χ4n) is 3.10. The van der Waals surface area contributed by atoms with Gasteiger partial charge < -0.3 is 11.1 Å². The Morgan fingerprint density at radius 3 is 2.54 bits per heavy atom. The van der Waals surface area contributed by atoms with Crippen molar-refractivity contribution < 1.29 is 0 Å². The first kappa shape index (κ1) is 20.3. The molecular formula is C23H27ClN4. The predicted octanol–water partition coefficient (Wildman–Crippen LogP) is 5.69. The van der Waals surface area contributed by atoms with Crippen molar-refractivity contribution >= 4 is 40.5 Å². The van der Waals surface area contributed by atoms with Crippen molar-refractivity contribution in [2.24, 2.45) is 5.73 Å². The molecular weight excluding hydrogens is 368 g/mol. The average molecular weight is 395 g/mol. The van der Waals surface area contributed by atoms with Crippen molar-refractivity contribution in [2.45, 2.75) is 32.6 Å². The fourth-order valence-corrected chi connectivity index (χ4v) is 3.22. The van der Waals surface area contributed by atoms with Crippen LogP contribution in [0.25, 0.3) is 23.1 Å². The average Bonchev–Trinajstić information content (AvgIpc) is 2.71. The highest BCUT2D eigenvalue weighted by atomic mass is 35.5. The summed E-state index contributed by atoms with van der Waals surface area (Å²) in [4.78, 5) is 9.51. The van der Waals surface area contributed by atoms with E-state index in [1.807, 2.05) is 36.4 Å². The van der Waals surface area contributed by atoms with Crippen molar-refractivity contribution in [1.29, 1.82) is 0 Å². The van der Waals surface area contributed by atoms with E-state index in [9.17, 15) is 0 Å². The molecule has 4 nitrogen and oxygen atoms in total. The van der Waals surface area contributed by atoms with Gasteiger partial charge in [0.15, 0.2) is 5.82 Å². The minimum atomic E-state index is 0.697. The maximum atomic E-state index is 5.96. The molecule has 5 heteroatoms. The first-order chi connectivity index (χ1) is 13.7. The van der Waals surface area contributed by atoms with Gasteiger partial charge in [-0.25, -0.2) is 9.97 Å². The molecule has 0 spiro atoms. The summed E-state index contributed by atoms with van der Waals surface area (Å²) in [5.74, 6) is 1.59. The van der Waals surface area contributed by atoms with Gasteiger partial charge in [0.1, 0.15) is 5.82 Å². The van der Waals surface area contributed by atoms with Crippen LogP contribution in [0.5, 0.6) is 0 Å². The summed E-state index contributed by atoms with van der Waals surface area (Å²) in [5, 5.41) is 5.29. The molecule has 0 saturated heterocycles. The number of hydrogen-bond donors (Lipinski definition) is 2. The van der Waals surface area contributed by atoms with Crippen molar-refractivity contribution in [1.82, 2.24) is 9.97 Å². The Bertz CT molecular complexity index is 935. The Labute approximate surface area is 171 Å². The molecule has 0 aliphatic rings. The Morgan fingerprint density at radius 1 is 0.964 bits per heavy atom. The lowest BCUT2D eigenvalue weighted by Crippen LogP contribution is -2.06. The van der Waals surface area contributed by atoms with Gasteiger partial charge in [0.05, 0.1) is 5.52 Å². The molecule has 0 saturated carbocycles. The van der Waals surface area contributed by atoms with Crippen LogP contribution in [-0.2, 0) is 0 Å². The highest BCUT2D eigenvalue weighted by Gasteiger charge is 2.08. The molecule has 0 aliphatic carbocycles. The van der Waals surface area contributed by atoms with E-state index in [0.29, 0.717) is 5.82 Å². The normalized spacial score (nSPS) is 11.4. The van der Waals surface area contributed by atoms with E-state index in [-0.39, 0.29) is 0 Å². The Hall–Kier alpha value is -2.43. The Balaban J connectivity index is 1.80. The van der Waals surface area contributed by atoms with Gasteiger partial charge in [-0.15, -0.1) is 0 Å². The van der Waals surface area contributed by atoms with Crippen molar-refractivity contribution in [2.75, 3.05) is 18.4 Å². The van der Waals surface area contributed by atoms with E-state index in [0.717, 1.165) is 58.8 Å². The van der Waals surface area contributed by atoms with E-state index in [1.54, 1.807) is 0 Å². The third-order valence-corrected chi connectivity index (χ3v) is 4.92. The molecule has 0 radical (unpaired) electrons. The minimum Gasteiger partial charge on any atom is -0.369 e. The maximum Gasteiger partial charge on any atom is 0.154 e. The number of hydrogen-bond acceptors (Lipinski definition) is 4. The highest BCUT2D eigenvalue weighted by Crippen LogP contribution is 2.24. The van der Waals surface area contributed by atoms with Gasteiger partial charge in [0.25, 0.3) is 0 Å². The van der Waals surface area contributed by atoms with Gasteiger partial charge in [0, 0.05) is 17.0 Å². The van der Waals surface area contributed by atoms with Crippen LogP contribution in [0.15, 0.2) is 42.5 Å². The molecule has 28 heavy (non-hydrogen) atoms. The summed E-state index contributed by atoms with van der Waals surface area (Å²) in [6.07, 6.45) is 8.50. The monoisotopic (exact) mass is 394 g/mol. The molecule has 146 valence electrons. The summed E-state index contributed by atoms with van der Waals surface area (Å²) in [6.45, 7) is 3.75. The van der Waals surface area contributed by atoms with E-state index in [2.05, 4.69) is 30.4 Å². The molecule has 0 amide bonds. The van der Waals surface area contributed by atoms with Gasteiger partial charge in [-0.3, -0.25) is 0 Å². The van der Waals surface area contributed by atoms with Crippen LogP contribution in [0.3, 0.4) is 0 Å². The summed E-state index contributed by atoms with van der Waals surface area (Å²) < 4.78 is 0. The van der Waals surface area contributed by atoms with Crippen LogP contribution in [0, 0.1) is 6.92 Å². The summed E-state index contributed by atoms with van der Waals surface area (Å²) in [5.41, 5.74) is 8.75. The molecule has 3 aromatic rings. The molecule has 1 heterocycles. The summed E-state index contributed by atoms with van der Waals surface area (Å²) >= 11 is 5.96. The van der Waals surface area contributed by atoms with Gasteiger partial charge in [-0.1, -0.05) is 54.8 Å². The van der Waals surface area contributed by atoms with E-state index in [4.69, 9.17) is 27.3 Å². The second kappa shape index (κ2) is 10.2. The zero-order valence-corrected chi connectivity index (χ0v) is 17.0. The van der Waals surface area contributed by atoms with Crippen LogP contribution >= 0.6 is 11.6 Å². The molecule has 0 atom stereocenters. The second-order valence-corrected chi connectivity index (χ2v) is 7.35. The molecule has 0 bridgehead atoms. The lowest BCUT2D eigenvalue weighted by Gasteiger charge is -2.11. The second-order valence-electron chi connectivity index (χ2n) is 6.92. The van der Waals surface area contributed by atoms with E-state index < -0.39 is 0 Å². The van der Waals surface area contributed by atoms with Crippen molar-refractivity contribution in [3.05, 3.63) is 64.4 Å². The predicted molar refractivity (Wildman–Crippen MR) is 121 cm³/mol. The number of nitrogens with one attached hydrogen (secondary N) is 1. The number of nitrogens with zero attached hydrogens (tertiary/aromatic N) is 2. The van der Waals surface area contributed by atoms with Gasteiger partial charge in [0.2, 0.25) is 0 Å². The SMILES string of the molecule is Cc1cccc2c(NCCCCCCN)nc(C=Cc3ccc(Cl)cc3)nc12. The number of rotatable bonds is 9. The molecule has 3 rings (SSSR count). The number of aromatic nitrogens is 2. The summed E-state index contributed by atoms with van der Waals surface area (Å²) in [7, 11) is 0. The third-order valence-electron chi connectivity index (χ3n) is 4.66. The smallest absolute Gasteiger partial charge is 0.154 e. The number of unbranched alkanes of at least 4 members (excludes halogenated alkanes) is 3. The molecule has 2 aromatic carbocycles. The summed E-state index contributed by atoms with van der Waals surface area (Å²) in [6, 6.07) is 13.9. The molecule has 3 N–H and O–H groups in total. The number of nitrogens with two attached hydrogens (primary N) is 1. The van der Waals surface area contributed by atoms with Gasteiger partial charge >= 0.3 is 0 Å². The Morgan fingerprint density at radius 2 is 1.75 bits per heavy atom. The highest BCUT2D eigenvalue weighted by molar-refractivity contribution is 6.30. The number of anilines is 1. The van der Waals surface area contributed by atoms with Gasteiger partial charge in [-0.2, -0.15) is 0 Å².